The van der Waals surface area contributed by atoms with E-state index in [1.807, 2.05) is 4.90 Å². The Balaban J connectivity index is 1.87. The molecule has 0 bridgehead atoms. The van der Waals surface area contributed by atoms with Gasteiger partial charge in [0.2, 0.25) is 0 Å². The number of carbonyl (C=O) groups is 2. The maximum absolute atomic E-state index is 11.9. The van der Waals surface area contributed by atoms with Gasteiger partial charge < -0.3 is 10.0 Å². The van der Waals surface area contributed by atoms with E-state index in [1.54, 1.807) is 11.1 Å². The molecule has 0 saturated carbocycles. The Morgan fingerprint density at radius 2 is 2.06 bits per heavy atom. The quantitative estimate of drug-likeness (QED) is 0.723. The standard InChI is InChI=1S/C10H14N4O3/c15-9(16)7-13-1-3-14(4-2-13)10(17)8-5-11-12-6-8/h5-6H,1-4,7H2,(H,11,12)(H,15,16). The molecule has 2 heterocycles. The zero-order chi connectivity index (χ0) is 12.3. The van der Waals surface area contributed by atoms with Crippen LogP contribution in [0.2, 0.25) is 0 Å². The highest BCUT2D eigenvalue weighted by Gasteiger charge is 2.23. The van der Waals surface area contributed by atoms with E-state index in [1.165, 1.54) is 6.20 Å². The summed E-state index contributed by atoms with van der Waals surface area (Å²) in [7, 11) is 0. The Kier molecular flexibility index (Phi) is 3.38. The Hall–Kier alpha value is -1.89. The summed E-state index contributed by atoms with van der Waals surface area (Å²) >= 11 is 0. The Bertz CT molecular complexity index is 396. The first-order valence-corrected chi connectivity index (χ1v) is 5.39. The van der Waals surface area contributed by atoms with Crippen LogP contribution in [0.3, 0.4) is 0 Å². The number of aliphatic carboxylic acids is 1. The van der Waals surface area contributed by atoms with Gasteiger partial charge in [0, 0.05) is 32.4 Å². The number of amides is 1. The maximum atomic E-state index is 11.9. The minimum atomic E-state index is -0.834. The topological polar surface area (TPSA) is 89.5 Å². The van der Waals surface area contributed by atoms with Gasteiger partial charge in [0.15, 0.2) is 0 Å². The van der Waals surface area contributed by atoms with Crippen LogP contribution in [-0.2, 0) is 4.79 Å². The van der Waals surface area contributed by atoms with Crippen LogP contribution in [0, 0.1) is 0 Å². The molecule has 0 spiro atoms. The molecular formula is C10H14N4O3. The van der Waals surface area contributed by atoms with Crippen molar-refractivity contribution in [2.24, 2.45) is 0 Å². The lowest BCUT2D eigenvalue weighted by Crippen LogP contribution is -2.49. The maximum Gasteiger partial charge on any atom is 0.317 e. The number of aromatic amines is 1. The van der Waals surface area contributed by atoms with E-state index in [9.17, 15) is 9.59 Å². The lowest BCUT2D eigenvalue weighted by atomic mass is 10.2. The second-order valence-electron chi connectivity index (χ2n) is 3.95. The number of nitrogens with zero attached hydrogens (tertiary/aromatic N) is 3. The molecule has 92 valence electrons. The molecule has 1 aromatic rings. The number of carbonyl (C=O) groups excluding carboxylic acids is 1. The number of hydrogen-bond donors (Lipinski definition) is 2. The van der Waals surface area contributed by atoms with Crippen LogP contribution in [0.25, 0.3) is 0 Å². The third kappa shape index (κ3) is 2.82. The van der Waals surface area contributed by atoms with Crippen molar-refractivity contribution in [3.05, 3.63) is 18.0 Å². The van der Waals surface area contributed by atoms with E-state index in [0.717, 1.165) is 0 Å². The number of aromatic nitrogens is 2. The molecule has 0 aromatic carbocycles. The number of nitrogens with one attached hydrogen (secondary N) is 1. The molecule has 17 heavy (non-hydrogen) atoms. The van der Waals surface area contributed by atoms with Gasteiger partial charge in [-0.15, -0.1) is 0 Å². The van der Waals surface area contributed by atoms with Gasteiger partial charge in [-0.25, -0.2) is 0 Å². The molecule has 0 atom stereocenters. The van der Waals surface area contributed by atoms with Gasteiger partial charge >= 0.3 is 5.97 Å². The minimum Gasteiger partial charge on any atom is -0.480 e. The van der Waals surface area contributed by atoms with E-state index in [4.69, 9.17) is 5.11 Å². The van der Waals surface area contributed by atoms with Crippen LogP contribution < -0.4 is 0 Å². The van der Waals surface area contributed by atoms with Crippen LogP contribution in [-0.4, -0.2) is 69.7 Å². The largest absolute Gasteiger partial charge is 0.480 e. The summed E-state index contributed by atoms with van der Waals surface area (Å²) in [5.41, 5.74) is 0.539. The average Bonchev–Trinajstić information content (AvgIpc) is 2.82. The number of H-pyrrole nitrogens is 1. The van der Waals surface area contributed by atoms with Gasteiger partial charge in [0.1, 0.15) is 0 Å². The van der Waals surface area contributed by atoms with Crippen LogP contribution in [0.4, 0.5) is 0 Å². The van der Waals surface area contributed by atoms with Crippen LogP contribution in [0.1, 0.15) is 10.4 Å². The van der Waals surface area contributed by atoms with Crippen molar-refractivity contribution in [3.8, 4) is 0 Å². The van der Waals surface area contributed by atoms with Crippen molar-refractivity contribution in [2.75, 3.05) is 32.7 Å². The summed E-state index contributed by atoms with van der Waals surface area (Å²) in [6.07, 6.45) is 3.05. The summed E-state index contributed by atoms with van der Waals surface area (Å²) in [5.74, 6) is -0.895. The number of carboxylic acids is 1. The van der Waals surface area contributed by atoms with Gasteiger partial charge in [0.25, 0.3) is 5.91 Å². The van der Waals surface area contributed by atoms with E-state index >= 15 is 0 Å². The molecule has 2 N–H and O–H groups in total. The molecule has 2 rings (SSSR count). The van der Waals surface area contributed by atoms with Crippen molar-refractivity contribution in [2.45, 2.75) is 0 Å². The first-order chi connectivity index (χ1) is 8.16. The molecule has 7 heteroatoms. The first kappa shape index (κ1) is 11.6. The van der Waals surface area contributed by atoms with Crippen LogP contribution >= 0.6 is 0 Å². The van der Waals surface area contributed by atoms with Crippen LogP contribution in [0.15, 0.2) is 12.4 Å². The summed E-state index contributed by atoms with van der Waals surface area (Å²) in [6.45, 7) is 2.33. The first-order valence-electron chi connectivity index (χ1n) is 5.39. The second-order valence-corrected chi connectivity index (χ2v) is 3.95. The minimum absolute atomic E-state index is 0.0355. The molecule has 1 fully saturated rings. The molecule has 1 aliphatic heterocycles. The third-order valence-corrected chi connectivity index (χ3v) is 2.76. The number of hydrogen-bond acceptors (Lipinski definition) is 4. The summed E-state index contributed by atoms with van der Waals surface area (Å²) in [6, 6.07) is 0. The molecule has 0 radical (unpaired) electrons. The average molecular weight is 238 g/mol. The van der Waals surface area contributed by atoms with Crippen molar-refractivity contribution in [3.63, 3.8) is 0 Å². The van der Waals surface area contributed by atoms with Gasteiger partial charge in [-0.3, -0.25) is 19.6 Å². The highest BCUT2D eigenvalue weighted by Crippen LogP contribution is 2.07. The lowest BCUT2D eigenvalue weighted by Gasteiger charge is -2.33. The SMILES string of the molecule is O=C(O)CN1CCN(C(=O)c2cn[nH]c2)CC1. The monoisotopic (exact) mass is 238 g/mol. The Morgan fingerprint density at radius 1 is 1.35 bits per heavy atom. The van der Waals surface area contributed by atoms with Crippen LogP contribution in [0.5, 0.6) is 0 Å². The van der Waals surface area contributed by atoms with Crippen molar-refractivity contribution in [1.82, 2.24) is 20.0 Å². The molecule has 0 unspecified atom stereocenters. The van der Waals surface area contributed by atoms with E-state index in [2.05, 4.69) is 10.2 Å². The number of piperazine rings is 1. The number of rotatable bonds is 3. The molecule has 0 aliphatic carbocycles. The lowest BCUT2D eigenvalue weighted by molar-refractivity contribution is -0.138. The van der Waals surface area contributed by atoms with Crippen molar-refractivity contribution >= 4 is 11.9 Å². The fourth-order valence-electron chi connectivity index (χ4n) is 1.85. The van der Waals surface area contributed by atoms with Crippen molar-refractivity contribution in [1.29, 1.82) is 0 Å². The summed E-state index contributed by atoms with van der Waals surface area (Å²) in [5, 5.41) is 15.0. The van der Waals surface area contributed by atoms with E-state index < -0.39 is 5.97 Å². The Labute approximate surface area is 98.0 Å². The van der Waals surface area contributed by atoms with E-state index in [-0.39, 0.29) is 12.5 Å². The van der Waals surface area contributed by atoms with Crippen molar-refractivity contribution < 1.29 is 14.7 Å². The zero-order valence-corrected chi connectivity index (χ0v) is 9.30. The van der Waals surface area contributed by atoms with Gasteiger partial charge in [-0.05, 0) is 0 Å². The smallest absolute Gasteiger partial charge is 0.317 e. The highest BCUT2D eigenvalue weighted by atomic mass is 16.4. The van der Waals surface area contributed by atoms with Gasteiger partial charge in [-0.2, -0.15) is 5.10 Å². The fourth-order valence-corrected chi connectivity index (χ4v) is 1.85. The predicted octanol–water partition coefficient (Wildman–Crippen LogP) is -0.748. The third-order valence-electron chi connectivity index (χ3n) is 2.76. The van der Waals surface area contributed by atoms with Gasteiger partial charge in [0.05, 0.1) is 18.3 Å². The molecule has 1 amide bonds. The molecule has 1 aromatic heterocycles. The summed E-state index contributed by atoms with van der Waals surface area (Å²) in [4.78, 5) is 26.0. The second kappa shape index (κ2) is 4.96. The number of carboxylic acid groups (broad SMARTS) is 1. The zero-order valence-electron chi connectivity index (χ0n) is 9.30. The molecule has 7 nitrogen and oxygen atoms in total. The molecular weight excluding hydrogens is 224 g/mol. The molecule has 1 saturated heterocycles. The fraction of sp³-hybridized carbons (Fsp3) is 0.500. The van der Waals surface area contributed by atoms with Gasteiger partial charge in [-0.1, -0.05) is 0 Å². The predicted molar refractivity (Wildman–Crippen MR) is 58.6 cm³/mol. The Morgan fingerprint density at radius 3 is 2.59 bits per heavy atom. The highest BCUT2D eigenvalue weighted by molar-refractivity contribution is 5.93. The summed E-state index contributed by atoms with van der Waals surface area (Å²) < 4.78 is 0. The normalized spacial score (nSPS) is 17.1. The molecule has 1 aliphatic rings. The van der Waals surface area contributed by atoms with E-state index in [0.29, 0.717) is 31.7 Å².